The number of hydrogen-bond donors (Lipinski definition) is 0. The van der Waals surface area contributed by atoms with E-state index in [0.717, 1.165) is 11.0 Å². The lowest BCUT2D eigenvalue weighted by atomic mass is 9.91. The summed E-state index contributed by atoms with van der Waals surface area (Å²) in [5.74, 6) is -0.211. The van der Waals surface area contributed by atoms with Crippen molar-refractivity contribution < 1.29 is 23.9 Å². The molecule has 0 bridgehead atoms. The number of amides is 3. The van der Waals surface area contributed by atoms with E-state index in [9.17, 15) is 14.4 Å². The number of imidazole rings is 2. The second-order valence-corrected chi connectivity index (χ2v) is 13.1. The van der Waals surface area contributed by atoms with Crippen molar-refractivity contribution >= 4 is 28.9 Å². The van der Waals surface area contributed by atoms with Gasteiger partial charge in [0.15, 0.2) is 5.82 Å². The van der Waals surface area contributed by atoms with E-state index in [1.807, 2.05) is 70.2 Å². The first kappa shape index (κ1) is 31.5. The number of aryl methyl sites for hydroxylation is 2. The van der Waals surface area contributed by atoms with E-state index >= 15 is 0 Å². The van der Waals surface area contributed by atoms with Gasteiger partial charge in [-0.05, 0) is 45.2 Å². The van der Waals surface area contributed by atoms with Crippen LogP contribution in [0, 0.1) is 11.8 Å². The highest BCUT2D eigenvalue weighted by molar-refractivity contribution is 5.95. The molecule has 238 valence electrons. The van der Waals surface area contributed by atoms with Crippen LogP contribution in [-0.4, -0.2) is 109 Å². The quantitative estimate of drug-likeness (QED) is 0.385. The fourth-order valence-electron chi connectivity index (χ4n) is 6.01. The Balaban J connectivity index is 1.48. The van der Waals surface area contributed by atoms with Crippen LogP contribution in [0.15, 0.2) is 43.0 Å². The van der Waals surface area contributed by atoms with Gasteiger partial charge in [-0.2, -0.15) is 0 Å². The van der Waals surface area contributed by atoms with Gasteiger partial charge in [0.1, 0.15) is 5.60 Å². The van der Waals surface area contributed by atoms with Crippen LogP contribution in [0.2, 0.25) is 0 Å². The van der Waals surface area contributed by atoms with Crippen molar-refractivity contribution in [3.63, 3.8) is 0 Å². The molecule has 4 heterocycles. The van der Waals surface area contributed by atoms with Crippen LogP contribution in [-0.2, 0) is 27.4 Å². The highest BCUT2D eigenvalue weighted by Crippen LogP contribution is 2.28. The SMILES string of the molecule is CC(C)CN(C(=O)c1nc2ccccc2n1CCn1ccnc1)[C@H]1C[C@@H](C(=O)N2CCOCC2)CN(C(=O)OC(C)(C)C)C1. The molecule has 1 aromatic carbocycles. The Bertz CT molecular complexity index is 1440. The number of piperidine rings is 1. The number of carbonyl (C=O) groups is 3. The van der Waals surface area contributed by atoms with Crippen molar-refractivity contribution in [3.8, 4) is 0 Å². The van der Waals surface area contributed by atoms with Crippen LogP contribution < -0.4 is 0 Å². The number of carbonyl (C=O) groups excluding carboxylic acids is 3. The van der Waals surface area contributed by atoms with Crippen molar-refractivity contribution in [2.75, 3.05) is 45.9 Å². The molecule has 0 saturated carbocycles. The van der Waals surface area contributed by atoms with E-state index in [1.54, 1.807) is 17.4 Å². The second kappa shape index (κ2) is 13.4. The summed E-state index contributed by atoms with van der Waals surface area (Å²) in [5.41, 5.74) is 0.923. The number of likely N-dealkylation sites (tertiary alicyclic amines) is 1. The van der Waals surface area contributed by atoms with Gasteiger partial charge in [-0.15, -0.1) is 0 Å². The standard InChI is InChI=1S/C32H45N7O5/c1-23(2)19-39(30(41)28-34-26-8-6-7-9-27(26)38(28)13-12-35-11-10-33-22-35)25-18-24(29(40)36-14-16-43-17-15-36)20-37(21-25)31(42)44-32(3,4)5/h6-11,22-25H,12-21H2,1-5H3/t24-,25+/m1/s1. The number of benzene rings is 1. The topological polar surface area (TPSA) is 115 Å². The molecule has 2 aliphatic rings. The summed E-state index contributed by atoms with van der Waals surface area (Å²) in [6, 6.07) is 7.34. The van der Waals surface area contributed by atoms with Gasteiger partial charge in [0.05, 0.1) is 42.5 Å². The third kappa shape index (κ3) is 7.40. The Morgan fingerprint density at radius 1 is 1.07 bits per heavy atom. The van der Waals surface area contributed by atoms with Gasteiger partial charge in [-0.1, -0.05) is 26.0 Å². The molecular weight excluding hydrogens is 562 g/mol. The summed E-state index contributed by atoms with van der Waals surface area (Å²) in [6.07, 6.45) is 5.35. The van der Waals surface area contributed by atoms with E-state index in [0.29, 0.717) is 58.2 Å². The lowest BCUT2D eigenvalue weighted by molar-refractivity contribution is -0.142. The van der Waals surface area contributed by atoms with Crippen molar-refractivity contribution in [1.29, 1.82) is 0 Å². The average molecular weight is 608 g/mol. The zero-order valence-electron chi connectivity index (χ0n) is 26.5. The van der Waals surface area contributed by atoms with E-state index in [1.165, 1.54) is 0 Å². The minimum Gasteiger partial charge on any atom is -0.444 e. The van der Waals surface area contributed by atoms with Crippen molar-refractivity contribution in [3.05, 3.63) is 48.8 Å². The number of aromatic nitrogens is 4. The minimum absolute atomic E-state index is 0.0175. The monoisotopic (exact) mass is 607 g/mol. The lowest BCUT2D eigenvalue weighted by Gasteiger charge is -2.44. The third-order valence-corrected chi connectivity index (χ3v) is 8.00. The van der Waals surface area contributed by atoms with Crippen LogP contribution in [0.3, 0.4) is 0 Å². The lowest BCUT2D eigenvalue weighted by Crippen LogP contribution is -2.58. The van der Waals surface area contributed by atoms with Crippen LogP contribution in [0.5, 0.6) is 0 Å². The van der Waals surface area contributed by atoms with Gasteiger partial charge in [0.2, 0.25) is 5.91 Å². The summed E-state index contributed by atoms with van der Waals surface area (Å²) in [6.45, 7) is 13.7. The Hall–Kier alpha value is -3.93. The molecule has 12 heteroatoms. The maximum atomic E-state index is 14.6. The Morgan fingerprint density at radius 3 is 2.50 bits per heavy atom. The molecule has 2 saturated heterocycles. The summed E-state index contributed by atoms with van der Waals surface area (Å²) >= 11 is 0. The molecule has 2 atom stereocenters. The Labute approximate surface area is 258 Å². The largest absolute Gasteiger partial charge is 0.444 e. The highest BCUT2D eigenvalue weighted by atomic mass is 16.6. The molecule has 0 N–H and O–H groups in total. The zero-order valence-corrected chi connectivity index (χ0v) is 26.5. The molecule has 0 spiro atoms. The van der Waals surface area contributed by atoms with E-state index < -0.39 is 23.7 Å². The fourth-order valence-corrected chi connectivity index (χ4v) is 6.01. The summed E-state index contributed by atoms with van der Waals surface area (Å²) in [7, 11) is 0. The molecular formula is C32H45N7O5. The van der Waals surface area contributed by atoms with Gasteiger partial charge in [-0.25, -0.2) is 14.8 Å². The second-order valence-electron chi connectivity index (χ2n) is 13.1. The first-order valence-electron chi connectivity index (χ1n) is 15.6. The van der Waals surface area contributed by atoms with E-state index in [2.05, 4.69) is 18.8 Å². The maximum absolute atomic E-state index is 14.6. The molecule has 2 fully saturated rings. The number of fused-ring (bicyclic) bond motifs is 1. The van der Waals surface area contributed by atoms with E-state index in [-0.39, 0.29) is 30.8 Å². The third-order valence-electron chi connectivity index (χ3n) is 8.00. The van der Waals surface area contributed by atoms with Crippen molar-refractivity contribution in [1.82, 2.24) is 33.8 Å². The van der Waals surface area contributed by atoms with Gasteiger partial charge in [0, 0.05) is 58.2 Å². The smallest absolute Gasteiger partial charge is 0.410 e. The maximum Gasteiger partial charge on any atom is 0.410 e. The van der Waals surface area contributed by atoms with Gasteiger partial charge in [-0.3, -0.25) is 9.59 Å². The molecule has 44 heavy (non-hydrogen) atoms. The summed E-state index contributed by atoms with van der Waals surface area (Å²) < 4.78 is 15.2. The zero-order chi connectivity index (χ0) is 31.4. The predicted molar refractivity (Wildman–Crippen MR) is 165 cm³/mol. The van der Waals surface area contributed by atoms with Crippen LogP contribution in [0.4, 0.5) is 4.79 Å². The number of morpholine rings is 1. The normalized spacial score (nSPS) is 19.4. The molecule has 0 unspecified atom stereocenters. The molecule has 12 nitrogen and oxygen atoms in total. The van der Waals surface area contributed by atoms with E-state index in [4.69, 9.17) is 14.5 Å². The number of hydrogen-bond acceptors (Lipinski definition) is 7. The fraction of sp³-hybridized carbons (Fsp3) is 0.594. The Kier molecular flexibility index (Phi) is 9.57. The van der Waals surface area contributed by atoms with Crippen LogP contribution in [0.25, 0.3) is 11.0 Å². The van der Waals surface area contributed by atoms with Crippen LogP contribution >= 0.6 is 0 Å². The Morgan fingerprint density at radius 2 is 1.82 bits per heavy atom. The van der Waals surface area contributed by atoms with Crippen molar-refractivity contribution in [2.24, 2.45) is 11.8 Å². The van der Waals surface area contributed by atoms with Gasteiger partial charge < -0.3 is 33.3 Å². The predicted octanol–water partition coefficient (Wildman–Crippen LogP) is 3.52. The number of nitrogens with zero attached hydrogens (tertiary/aromatic N) is 7. The summed E-state index contributed by atoms with van der Waals surface area (Å²) in [5, 5.41) is 0. The minimum atomic E-state index is -0.693. The number of rotatable bonds is 8. The first-order chi connectivity index (χ1) is 21.0. The number of para-hydroxylation sites is 2. The highest BCUT2D eigenvalue weighted by Gasteiger charge is 2.41. The molecule has 2 aromatic heterocycles. The molecule has 3 amide bonds. The molecule has 3 aromatic rings. The number of ether oxygens (including phenoxy) is 2. The molecule has 5 rings (SSSR count). The van der Waals surface area contributed by atoms with Crippen LogP contribution in [0.1, 0.15) is 51.7 Å². The molecule has 0 radical (unpaired) electrons. The first-order valence-corrected chi connectivity index (χ1v) is 15.6. The molecule has 0 aliphatic carbocycles. The van der Waals surface area contributed by atoms with Gasteiger partial charge >= 0.3 is 6.09 Å². The summed E-state index contributed by atoms with van der Waals surface area (Å²) in [4.78, 5) is 56.0. The average Bonchev–Trinajstić information content (AvgIpc) is 3.65. The molecule has 2 aliphatic heterocycles. The van der Waals surface area contributed by atoms with Gasteiger partial charge in [0.25, 0.3) is 5.91 Å². The van der Waals surface area contributed by atoms with Crippen molar-refractivity contribution in [2.45, 2.75) is 65.8 Å².